The van der Waals surface area contributed by atoms with Gasteiger partial charge in [-0.25, -0.2) is 9.59 Å². The number of anilines is 1. The molecule has 3 fully saturated rings. The SMILES string of the molecule is CC1CC=C(NC(=O)Cc2cccc(C3CCN(C(=O)OC(C)(C)C)CC3)c2)SC(C2CCCC(c3nnc(NC(=O)Cc4cccc(C5CCN(C(=O)OC(C)(C)C)CC5)c4)s3)C2)=N1. The van der Waals surface area contributed by atoms with Crippen molar-refractivity contribution >= 4 is 57.3 Å². The van der Waals surface area contributed by atoms with Crippen molar-refractivity contribution in [3.05, 3.63) is 86.9 Å². The summed E-state index contributed by atoms with van der Waals surface area (Å²) in [4.78, 5) is 60.6. The Bertz CT molecular complexity index is 2230. The topological polar surface area (TPSA) is 155 Å². The number of likely N-dealkylation sites (tertiary alicyclic amines) is 2. The number of ether oxygens (including phenoxy) is 2. The first-order chi connectivity index (χ1) is 30.9. The van der Waals surface area contributed by atoms with Gasteiger partial charge in [-0.2, -0.15) is 0 Å². The summed E-state index contributed by atoms with van der Waals surface area (Å²) in [7, 11) is 0. The molecule has 0 spiro atoms. The van der Waals surface area contributed by atoms with E-state index in [-0.39, 0.29) is 54.7 Å². The van der Waals surface area contributed by atoms with E-state index in [1.165, 1.54) is 22.5 Å². The smallest absolute Gasteiger partial charge is 0.410 e. The minimum absolute atomic E-state index is 0.0513. The summed E-state index contributed by atoms with van der Waals surface area (Å²) in [6.07, 6.45) is 10.2. The molecule has 3 aliphatic heterocycles. The molecule has 4 heterocycles. The van der Waals surface area contributed by atoms with Gasteiger partial charge in [-0.05, 0) is 134 Å². The Labute approximate surface area is 393 Å². The fourth-order valence-electron chi connectivity index (χ4n) is 9.16. The van der Waals surface area contributed by atoms with Crippen LogP contribution in [0.5, 0.6) is 0 Å². The zero-order valence-electron chi connectivity index (χ0n) is 39.2. The summed E-state index contributed by atoms with van der Waals surface area (Å²) in [5, 5.41) is 18.5. The standard InChI is InChI=1S/C50H67N7O6S2/c1-32-17-18-43(52-41(58)29-33-11-8-13-37(27-33)35-19-23-56(24-20-35)47(60)62-49(2,3)4)64-44(51-32)39-15-10-16-40(31-39)45-54-55-46(65-45)53-42(59)30-34-12-9-14-38(28-34)36-21-25-57(26-22-36)48(61)63-50(5,6)7/h8-9,11-14,18,27-28,32,35-36,39-40H,10,15-17,19-26,29-31H2,1-7H3,(H,52,58)(H,53,55,59). The molecule has 3 aromatic rings. The quantitative estimate of drug-likeness (QED) is 0.202. The molecule has 3 atom stereocenters. The second-order valence-corrected chi connectivity index (χ2v) is 22.2. The van der Waals surface area contributed by atoms with Gasteiger partial charge in [0.25, 0.3) is 0 Å². The van der Waals surface area contributed by atoms with Crippen molar-refractivity contribution in [2.45, 2.75) is 154 Å². The molecule has 4 amide bonds. The number of aliphatic imine (C=N–C) groups is 1. The van der Waals surface area contributed by atoms with Gasteiger partial charge in [-0.1, -0.05) is 84.1 Å². The van der Waals surface area contributed by atoms with Crippen LogP contribution in [0.2, 0.25) is 0 Å². The van der Waals surface area contributed by atoms with E-state index in [1.54, 1.807) is 21.6 Å². The van der Waals surface area contributed by atoms with Gasteiger partial charge in [0, 0.05) is 38.0 Å². The molecule has 15 heteroatoms. The molecular weight excluding hydrogens is 859 g/mol. The van der Waals surface area contributed by atoms with E-state index >= 15 is 0 Å². The van der Waals surface area contributed by atoms with E-state index in [2.05, 4.69) is 58.1 Å². The van der Waals surface area contributed by atoms with Crippen LogP contribution in [0.15, 0.2) is 64.6 Å². The highest BCUT2D eigenvalue weighted by Gasteiger charge is 2.33. The van der Waals surface area contributed by atoms with Gasteiger partial charge in [-0.15, -0.1) is 10.2 Å². The Morgan fingerprint density at radius 3 is 1.75 bits per heavy atom. The van der Waals surface area contributed by atoms with Crippen LogP contribution in [0.3, 0.4) is 0 Å². The van der Waals surface area contributed by atoms with Crippen LogP contribution in [-0.4, -0.2) is 92.5 Å². The number of carbonyl (C=O) groups is 4. The molecule has 1 saturated carbocycles. The minimum Gasteiger partial charge on any atom is -0.444 e. The first-order valence-corrected chi connectivity index (χ1v) is 25.1. The average molecular weight is 926 g/mol. The summed E-state index contributed by atoms with van der Waals surface area (Å²) in [5.74, 6) is 0.901. The predicted octanol–water partition coefficient (Wildman–Crippen LogP) is 10.3. The van der Waals surface area contributed by atoms with E-state index in [9.17, 15) is 19.2 Å². The molecule has 2 saturated heterocycles. The number of aromatic nitrogens is 2. The first-order valence-electron chi connectivity index (χ1n) is 23.5. The third-order valence-corrected chi connectivity index (χ3v) is 14.5. The molecule has 0 radical (unpaired) electrons. The fourth-order valence-corrected chi connectivity index (χ4v) is 11.2. The van der Waals surface area contributed by atoms with Crippen LogP contribution in [0.25, 0.3) is 0 Å². The number of nitrogens with one attached hydrogen (secondary N) is 2. The Hall–Kier alpha value is -4.76. The summed E-state index contributed by atoms with van der Waals surface area (Å²) in [6, 6.07) is 16.6. The Morgan fingerprint density at radius 2 is 1.22 bits per heavy atom. The number of piperidine rings is 2. The van der Waals surface area contributed by atoms with Crippen LogP contribution >= 0.6 is 23.1 Å². The third kappa shape index (κ3) is 14.1. The van der Waals surface area contributed by atoms with Gasteiger partial charge >= 0.3 is 12.2 Å². The van der Waals surface area contributed by atoms with Crippen LogP contribution < -0.4 is 10.6 Å². The van der Waals surface area contributed by atoms with Crippen LogP contribution in [-0.2, 0) is 31.9 Å². The van der Waals surface area contributed by atoms with Gasteiger partial charge in [0.05, 0.1) is 29.0 Å². The van der Waals surface area contributed by atoms with Crippen molar-refractivity contribution in [3.8, 4) is 0 Å². The van der Waals surface area contributed by atoms with Gasteiger partial charge in [0.1, 0.15) is 16.2 Å². The van der Waals surface area contributed by atoms with Crippen molar-refractivity contribution in [1.82, 2.24) is 25.3 Å². The molecule has 4 aliphatic rings. The highest BCUT2D eigenvalue weighted by atomic mass is 32.2. The molecule has 2 aromatic carbocycles. The lowest BCUT2D eigenvalue weighted by Crippen LogP contribution is -2.41. The second-order valence-electron chi connectivity index (χ2n) is 20.2. The van der Waals surface area contributed by atoms with Crippen LogP contribution in [0, 0.1) is 5.92 Å². The Balaban J connectivity index is 0.878. The maximum absolute atomic E-state index is 13.5. The summed E-state index contributed by atoms with van der Waals surface area (Å²) in [6.45, 7) is 16.0. The highest BCUT2D eigenvalue weighted by molar-refractivity contribution is 8.17. The molecular formula is C50H67N7O6S2. The Morgan fingerprint density at radius 1 is 0.692 bits per heavy atom. The zero-order chi connectivity index (χ0) is 46.3. The maximum Gasteiger partial charge on any atom is 0.410 e. The maximum atomic E-state index is 13.5. The molecule has 65 heavy (non-hydrogen) atoms. The van der Waals surface area contributed by atoms with Gasteiger partial charge < -0.3 is 29.9 Å². The summed E-state index contributed by atoms with van der Waals surface area (Å²) >= 11 is 3.04. The number of rotatable bonds is 10. The number of amides is 4. The van der Waals surface area contributed by atoms with Gasteiger partial charge in [-0.3, -0.25) is 14.6 Å². The van der Waals surface area contributed by atoms with Crippen molar-refractivity contribution in [1.29, 1.82) is 0 Å². The summed E-state index contributed by atoms with van der Waals surface area (Å²) < 4.78 is 11.1. The zero-order valence-corrected chi connectivity index (χ0v) is 40.8. The van der Waals surface area contributed by atoms with Crippen molar-refractivity contribution in [3.63, 3.8) is 0 Å². The van der Waals surface area contributed by atoms with Crippen LogP contribution in [0.1, 0.15) is 151 Å². The number of hydrogen-bond donors (Lipinski definition) is 2. The fraction of sp³-hybridized carbons (Fsp3) is 0.580. The third-order valence-electron chi connectivity index (χ3n) is 12.4. The molecule has 13 nitrogen and oxygen atoms in total. The van der Waals surface area contributed by atoms with Gasteiger partial charge in [0.15, 0.2) is 0 Å². The van der Waals surface area contributed by atoms with Crippen LogP contribution in [0.4, 0.5) is 14.7 Å². The molecule has 3 unspecified atom stereocenters. The van der Waals surface area contributed by atoms with Crippen molar-refractivity contribution in [2.24, 2.45) is 10.9 Å². The molecule has 350 valence electrons. The van der Waals surface area contributed by atoms with E-state index in [4.69, 9.17) is 14.5 Å². The lowest BCUT2D eigenvalue weighted by molar-refractivity contribution is -0.119. The minimum atomic E-state index is -0.516. The Kier molecular flexibility index (Phi) is 15.8. The predicted molar refractivity (Wildman–Crippen MR) is 258 cm³/mol. The molecule has 0 bridgehead atoms. The van der Waals surface area contributed by atoms with E-state index in [0.717, 1.165) is 84.0 Å². The second kappa shape index (κ2) is 21.3. The number of hydrogen-bond acceptors (Lipinski definition) is 11. The highest BCUT2D eigenvalue weighted by Crippen LogP contribution is 2.42. The number of carbonyl (C=O) groups excluding carboxylic acids is 4. The summed E-state index contributed by atoms with van der Waals surface area (Å²) in [5.41, 5.74) is 3.27. The number of nitrogens with zero attached hydrogens (tertiary/aromatic N) is 5. The number of thioether (sulfide) groups is 1. The van der Waals surface area contributed by atoms with Crippen molar-refractivity contribution in [2.75, 3.05) is 31.5 Å². The molecule has 2 N–H and O–H groups in total. The molecule has 1 aromatic heterocycles. The number of benzene rings is 2. The lowest BCUT2D eigenvalue weighted by atomic mass is 9.82. The molecule has 7 rings (SSSR count). The lowest BCUT2D eigenvalue weighted by Gasteiger charge is -2.33. The van der Waals surface area contributed by atoms with E-state index in [1.807, 2.05) is 65.8 Å². The van der Waals surface area contributed by atoms with Crippen molar-refractivity contribution < 1.29 is 28.7 Å². The van der Waals surface area contributed by atoms with Gasteiger partial charge in [0.2, 0.25) is 16.9 Å². The normalized spacial score (nSPS) is 21.4. The molecule has 1 aliphatic carbocycles. The average Bonchev–Trinajstić information content (AvgIpc) is 3.64. The van der Waals surface area contributed by atoms with E-state index in [0.29, 0.717) is 43.1 Å². The largest absolute Gasteiger partial charge is 0.444 e. The first kappa shape index (κ1) is 48.2. The van der Waals surface area contributed by atoms with E-state index < -0.39 is 11.2 Å². The monoisotopic (exact) mass is 925 g/mol.